The average molecular weight is 316 g/mol. The molecule has 0 fully saturated rings. The lowest BCUT2D eigenvalue weighted by Crippen LogP contribution is -1.87. The maximum Gasteiger partial charge on any atom is 0.258 e. The van der Waals surface area contributed by atoms with E-state index in [2.05, 4.69) is 26.1 Å². The molecule has 0 spiro atoms. The molecular weight excluding hydrogens is 306 g/mol. The van der Waals surface area contributed by atoms with E-state index in [9.17, 15) is 0 Å². The van der Waals surface area contributed by atoms with Crippen LogP contribution in [0.4, 0.5) is 5.69 Å². The molecule has 5 heteroatoms. The summed E-state index contributed by atoms with van der Waals surface area (Å²) in [5, 5.41) is 3.98. The van der Waals surface area contributed by atoms with Crippen molar-refractivity contribution in [2.75, 3.05) is 5.73 Å². The Morgan fingerprint density at radius 2 is 1.79 bits per heavy atom. The summed E-state index contributed by atoms with van der Waals surface area (Å²) in [6.07, 6.45) is 0. The Morgan fingerprint density at radius 3 is 2.53 bits per heavy atom. The van der Waals surface area contributed by atoms with Crippen LogP contribution in [-0.4, -0.2) is 10.1 Å². The molecule has 0 amide bonds. The van der Waals surface area contributed by atoms with Crippen LogP contribution in [0, 0.1) is 0 Å². The summed E-state index contributed by atoms with van der Waals surface area (Å²) in [5.41, 5.74) is 8.17. The fourth-order valence-electron chi connectivity index (χ4n) is 1.71. The molecule has 3 rings (SSSR count). The van der Waals surface area contributed by atoms with Gasteiger partial charge in [0.2, 0.25) is 5.82 Å². The largest absolute Gasteiger partial charge is 0.398 e. The van der Waals surface area contributed by atoms with Crippen LogP contribution in [0.1, 0.15) is 0 Å². The van der Waals surface area contributed by atoms with Crippen molar-refractivity contribution in [3.63, 3.8) is 0 Å². The number of anilines is 1. The van der Waals surface area contributed by atoms with Crippen molar-refractivity contribution in [3.05, 3.63) is 53.0 Å². The van der Waals surface area contributed by atoms with Crippen LogP contribution < -0.4 is 5.73 Å². The number of benzene rings is 2. The lowest BCUT2D eigenvalue weighted by molar-refractivity contribution is 0.432. The van der Waals surface area contributed by atoms with Crippen molar-refractivity contribution in [1.29, 1.82) is 0 Å². The highest BCUT2D eigenvalue weighted by molar-refractivity contribution is 9.10. The Labute approximate surface area is 118 Å². The van der Waals surface area contributed by atoms with Gasteiger partial charge in [0.05, 0.1) is 0 Å². The van der Waals surface area contributed by atoms with Gasteiger partial charge in [-0.1, -0.05) is 35.5 Å². The van der Waals surface area contributed by atoms with Gasteiger partial charge < -0.3 is 10.3 Å². The first-order valence-electron chi connectivity index (χ1n) is 5.68. The molecule has 0 saturated carbocycles. The van der Waals surface area contributed by atoms with Crippen molar-refractivity contribution in [1.82, 2.24) is 10.1 Å². The second-order valence-corrected chi connectivity index (χ2v) is 4.88. The van der Waals surface area contributed by atoms with E-state index in [4.69, 9.17) is 10.3 Å². The Bertz CT molecular complexity index is 710. The quantitative estimate of drug-likeness (QED) is 0.731. The first-order valence-corrected chi connectivity index (χ1v) is 6.48. The van der Waals surface area contributed by atoms with Crippen molar-refractivity contribution >= 4 is 21.6 Å². The minimum atomic E-state index is 0.472. The summed E-state index contributed by atoms with van der Waals surface area (Å²) in [7, 11) is 0. The van der Waals surface area contributed by atoms with Crippen LogP contribution in [0.3, 0.4) is 0 Å². The number of nitrogens with zero attached hydrogens (tertiary/aromatic N) is 2. The zero-order valence-corrected chi connectivity index (χ0v) is 11.5. The Kier molecular flexibility index (Phi) is 3.05. The predicted molar refractivity (Wildman–Crippen MR) is 77.3 cm³/mol. The van der Waals surface area contributed by atoms with Gasteiger partial charge >= 0.3 is 0 Å². The summed E-state index contributed by atoms with van der Waals surface area (Å²) >= 11 is 3.38. The van der Waals surface area contributed by atoms with Gasteiger partial charge in [0, 0.05) is 21.3 Å². The first-order chi connectivity index (χ1) is 9.24. The monoisotopic (exact) mass is 315 g/mol. The molecule has 2 aromatic carbocycles. The third kappa shape index (κ3) is 2.37. The highest BCUT2D eigenvalue weighted by atomic mass is 79.9. The summed E-state index contributed by atoms with van der Waals surface area (Å²) in [6.45, 7) is 0. The number of nitrogens with two attached hydrogens (primary N) is 1. The smallest absolute Gasteiger partial charge is 0.258 e. The molecule has 94 valence electrons. The van der Waals surface area contributed by atoms with E-state index in [0.717, 1.165) is 15.6 Å². The molecule has 0 aliphatic heterocycles. The van der Waals surface area contributed by atoms with Gasteiger partial charge in [-0.15, -0.1) is 0 Å². The summed E-state index contributed by atoms with van der Waals surface area (Å²) in [4.78, 5) is 4.38. The average Bonchev–Trinajstić information content (AvgIpc) is 2.93. The topological polar surface area (TPSA) is 64.9 Å². The molecule has 1 aromatic heterocycles. The molecule has 0 aliphatic rings. The van der Waals surface area contributed by atoms with Crippen LogP contribution in [0.2, 0.25) is 0 Å². The third-order valence-electron chi connectivity index (χ3n) is 2.71. The number of aromatic nitrogens is 2. The Morgan fingerprint density at radius 1 is 1.00 bits per heavy atom. The molecule has 4 nitrogen and oxygen atoms in total. The van der Waals surface area contributed by atoms with Gasteiger partial charge in [-0.05, 0) is 34.1 Å². The van der Waals surface area contributed by atoms with E-state index >= 15 is 0 Å². The van der Waals surface area contributed by atoms with Crippen molar-refractivity contribution in [3.8, 4) is 22.8 Å². The van der Waals surface area contributed by atoms with Gasteiger partial charge in [-0.3, -0.25) is 0 Å². The van der Waals surface area contributed by atoms with Gasteiger partial charge in [-0.25, -0.2) is 0 Å². The number of hydrogen-bond donors (Lipinski definition) is 1. The molecule has 19 heavy (non-hydrogen) atoms. The lowest BCUT2D eigenvalue weighted by atomic mass is 10.2. The first kappa shape index (κ1) is 11.9. The number of halogens is 1. The minimum absolute atomic E-state index is 0.472. The fourth-order valence-corrected chi connectivity index (χ4v) is 2.08. The Balaban J connectivity index is 1.99. The van der Waals surface area contributed by atoms with E-state index in [1.165, 1.54) is 0 Å². The van der Waals surface area contributed by atoms with Crippen molar-refractivity contribution in [2.45, 2.75) is 0 Å². The number of hydrogen-bond acceptors (Lipinski definition) is 4. The van der Waals surface area contributed by atoms with Crippen LogP contribution in [-0.2, 0) is 0 Å². The standard InChI is InChI=1S/C14H10BrN3O/c15-11-8-10(6-7-12(11)16)14-17-13(18-19-14)9-4-2-1-3-5-9/h1-8H,16H2. The molecule has 0 bridgehead atoms. The lowest BCUT2D eigenvalue weighted by Gasteiger charge is -1.99. The molecular formula is C14H10BrN3O. The second-order valence-electron chi connectivity index (χ2n) is 4.03. The predicted octanol–water partition coefficient (Wildman–Crippen LogP) is 3.75. The normalized spacial score (nSPS) is 10.6. The molecule has 3 aromatic rings. The van der Waals surface area contributed by atoms with E-state index in [-0.39, 0.29) is 0 Å². The number of nitrogen functional groups attached to an aromatic ring is 1. The maximum absolute atomic E-state index is 5.75. The molecule has 0 saturated heterocycles. The minimum Gasteiger partial charge on any atom is -0.398 e. The van der Waals surface area contributed by atoms with Crippen molar-refractivity contribution in [2.24, 2.45) is 0 Å². The summed E-state index contributed by atoms with van der Waals surface area (Å²) in [5.74, 6) is 1.04. The van der Waals surface area contributed by atoms with Crippen LogP contribution >= 0.6 is 15.9 Å². The summed E-state index contributed by atoms with van der Waals surface area (Å²) in [6, 6.07) is 15.2. The molecule has 2 N–H and O–H groups in total. The zero-order chi connectivity index (χ0) is 13.2. The molecule has 0 unspecified atom stereocenters. The molecule has 0 radical (unpaired) electrons. The van der Waals surface area contributed by atoms with Crippen LogP contribution in [0.5, 0.6) is 0 Å². The second kappa shape index (κ2) is 4.85. The van der Waals surface area contributed by atoms with Crippen LogP contribution in [0.25, 0.3) is 22.8 Å². The SMILES string of the molecule is Nc1ccc(-c2nc(-c3ccccc3)no2)cc1Br. The highest BCUT2D eigenvalue weighted by Gasteiger charge is 2.11. The zero-order valence-electron chi connectivity index (χ0n) is 9.88. The highest BCUT2D eigenvalue weighted by Crippen LogP contribution is 2.27. The van der Waals surface area contributed by atoms with Gasteiger partial charge in [0.1, 0.15) is 0 Å². The van der Waals surface area contributed by atoms with Gasteiger partial charge in [0.25, 0.3) is 5.89 Å². The molecule has 0 atom stereocenters. The van der Waals surface area contributed by atoms with E-state index in [1.54, 1.807) is 6.07 Å². The van der Waals surface area contributed by atoms with E-state index in [1.807, 2.05) is 42.5 Å². The maximum atomic E-state index is 5.75. The van der Waals surface area contributed by atoms with E-state index in [0.29, 0.717) is 17.4 Å². The molecule has 1 heterocycles. The molecule has 0 aliphatic carbocycles. The van der Waals surface area contributed by atoms with Crippen LogP contribution in [0.15, 0.2) is 57.5 Å². The summed E-state index contributed by atoms with van der Waals surface area (Å²) < 4.78 is 6.09. The third-order valence-corrected chi connectivity index (χ3v) is 3.39. The van der Waals surface area contributed by atoms with Gasteiger partial charge in [-0.2, -0.15) is 4.98 Å². The number of rotatable bonds is 2. The van der Waals surface area contributed by atoms with Gasteiger partial charge in [0.15, 0.2) is 0 Å². The fraction of sp³-hybridized carbons (Fsp3) is 0. The van der Waals surface area contributed by atoms with Crippen molar-refractivity contribution < 1.29 is 4.52 Å². The van der Waals surface area contributed by atoms with E-state index < -0.39 is 0 Å². The Hall–Kier alpha value is -2.14.